The number of rotatable bonds is 13. The van der Waals surface area contributed by atoms with Crippen molar-refractivity contribution in [1.82, 2.24) is 0 Å². The molecule has 0 bridgehead atoms. The van der Waals surface area contributed by atoms with E-state index in [0.29, 0.717) is 28.7 Å². The molecule has 0 N–H and O–H groups in total. The fourth-order valence-corrected chi connectivity index (χ4v) is 5.66. The predicted molar refractivity (Wildman–Crippen MR) is 159 cm³/mol. The molecule has 0 heterocycles. The van der Waals surface area contributed by atoms with Crippen LogP contribution in [0.15, 0.2) is 73.3 Å². The van der Waals surface area contributed by atoms with E-state index in [2.05, 4.69) is 19.6 Å². The van der Waals surface area contributed by atoms with E-state index in [1.54, 1.807) is 42.5 Å². The van der Waals surface area contributed by atoms with E-state index in [-0.39, 0.29) is 11.4 Å². The zero-order valence-corrected chi connectivity index (χ0v) is 23.3. The van der Waals surface area contributed by atoms with E-state index < -0.39 is 11.6 Å². The first-order valence-corrected chi connectivity index (χ1v) is 14.7. The second-order valence-electron chi connectivity index (χ2n) is 10.9. The van der Waals surface area contributed by atoms with Gasteiger partial charge in [0.2, 0.25) is 0 Å². The van der Waals surface area contributed by atoms with Crippen LogP contribution in [0.5, 0.6) is 0 Å². The minimum absolute atomic E-state index is 0.220. The molecule has 1 aliphatic carbocycles. The summed E-state index contributed by atoms with van der Waals surface area (Å²) in [5.74, 6) is -1.12. The van der Waals surface area contributed by atoms with Gasteiger partial charge in [0.15, 0.2) is 11.6 Å². The number of allylic oxidation sites excluding steroid dienone is 3. The molecule has 206 valence electrons. The Morgan fingerprint density at radius 1 is 0.795 bits per heavy atom. The van der Waals surface area contributed by atoms with Crippen LogP contribution in [0, 0.1) is 23.4 Å². The molecule has 1 atom stereocenters. The Morgan fingerprint density at radius 2 is 1.51 bits per heavy atom. The van der Waals surface area contributed by atoms with Gasteiger partial charge in [0, 0.05) is 11.1 Å². The maximum atomic E-state index is 15.2. The van der Waals surface area contributed by atoms with Gasteiger partial charge in [-0.3, -0.25) is 0 Å². The van der Waals surface area contributed by atoms with Crippen LogP contribution in [0.2, 0.25) is 0 Å². The van der Waals surface area contributed by atoms with Crippen molar-refractivity contribution in [2.75, 3.05) is 0 Å². The third kappa shape index (κ3) is 7.53. The number of halogens is 3. The number of aryl methyl sites for hydroxylation is 1. The summed E-state index contributed by atoms with van der Waals surface area (Å²) in [5, 5.41) is 0. The first-order valence-electron chi connectivity index (χ1n) is 14.7. The molecule has 3 aromatic rings. The largest absolute Gasteiger partial charge is 0.206 e. The fourth-order valence-electron chi connectivity index (χ4n) is 5.66. The molecule has 39 heavy (non-hydrogen) atoms. The Kier molecular flexibility index (Phi) is 10.6. The van der Waals surface area contributed by atoms with Crippen molar-refractivity contribution in [2.45, 2.75) is 84.0 Å². The van der Waals surface area contributed by atoms with Crippen LogP contribution >= 0.6 is 0 Å². The Bertz CT molecular complexity index is 1270. The third-order valence-electron chi connectivity index (χ3n) is 8.10. The van der Waals surface area contributed by atoms with Gasteiger partial charge in [0.05, 0.1) is 0 Å². The fraction of sp³-hybridized carbons (Fsp3) is 0.389. The Hall–Kier alpha value is -3.07. The summed E-state index contributed by atoms with van der Waals surface area (Å²) in [7, 11) is 0. The first-order chi connectivity index (χ1) is 19.0. The van der Waals surface area contributed by atoms with Crippen LogP contribution in [-0.4, -0.2) is 0 Å². The van der Waals surface area contributed by atoms with Gasteiger partial charge in [0.25, 0.3) is 0 Å². The van der Waals surface area contributed by atoms with E-state index in [1.807, 2.05) is 18.2 Å². The van der Waals surface area contributed by atoms with E-state index in [9.17, 15) is 8.78 Å². The van der Waals surface area contributed by atoms with Gasteiger partial charge in [-0.2, -0.15) is 0 Å². The van der Waals surface area contributed by atoms with Crippen molar-refractivity contribution >= 4 is 5.57 Å². The molecular formula is C36H41F3. The maximum absolute atomic E-state index is 15.2. The van der Waals surface area contributed by atoms with Gasteiger partial charge < -0.3 is 0 Å². The second kappa shape index (κ2) is 14.4. The summed E-state index contributed by atoms with van der Waals surface area (Å²) >= 11 is 0. The molecule has 0 fully saturated rings. The van der Waals surface area contributed by atoms with E-state index >= 15 is 4.39 Å². The monoisotopic (exact) mass is 530 g/mol. The Balaban J connectivity index is 1.42. The molecule has 0 spiro atoms. The molecule has 0 aliphatic heterocycles. The summed E-state index contributed by atoms with van der Waals surface area (Å²) < 4.78 is 44.8. The zero-order chi connectivity index (χ0) is 27.6. The lowest BCUT2D eigenvalue weighted by Crippen LogP contribution is -2.05. The first kappa shape index (κ1) is 28.9. The minimum atomic E-state index is -0.830. The molecule has 0 nitrogen and oxygen atoms in total. The summed E-state index contributed by atoms with van der Waals surface area (Å²) in [6, 6.07) is 15.8. The molecule has 3 heteroatoms. The Labute approximate surface area is 232 Å². The lowest BCUT2D eigenvalue weighted by atomic mass is 9.83. The quantitative estimate of drug-likeness (QED) is 0.152. The molecule has 3 aromatic carbocycles. The molecule has 1 unspecified atom stereocenters. The standard InChI is InChI=1S/C36H41F3/c1-3-5-7-9-11-26-13-15-27(16-14-26)31-22-23-32(34(37)25-31)28-17-19-29(20-18-28)33-24-21-30(35(38)36(33)39)12-10-8-6-4-2/h4,15,17-26H,2-3,5-14,16H2,1H3. The lowest BCUT2D eigenvalue weighted by Gasteiger charge is -2.22. The highest BCUT2D eigenvalue weighted by Gasteiger charge is 2.18. The SMILES string of the molecule is C=CCCCCc1ccc(-c2ccc(-c3ccc(C4=CCC(CCCCCC)CC4)cc3F)cc2)c(F)c1F. The Morgan fingerprint density at radius 3 is 2.18 bits per heavy atom. The zero-order valence-electron chi connectivity index (χ0n) is 23.3. The molecule has 0 saturated heterocycles. The summed E-state index contributed by atoms with van der Waals surface area (Å²) in [4.78, 5) is 0. The smallest absolute Gasteiger partial charge is 0.166 e. The van der Waals surface area contributed by atoms with Crippen molar-refractivity contribution < 1.29 is 13.2 Å². The van der Waals surface area contributed by atoms with E-state index in [0.717, 1.165) is 43.6 Å². The molecule has 0 radical (unpaired) electrons. The summed E-state index contributed by atoms with van der Waals surface area (Å²) in [5.41, 5.74) is 4.61. The van der Waals surface area contributed by atoms with Crippen LogP contribution in [0.3, 0.4) is 0 Å². The topological polar surface area (TPSA) is 0 Å². The number of hydrogen-bond donors (Lipinski definition) is 0. The van der Waals surface area contributed by atoms with Gasteiger partial charge in [-0.05, 0) is 84.8 Å². The van der Waals surface area contributed by atoms with Crippen molar-refractivity contribution in [2.24, 2.45) is 5.92 Å². The highest BCUT2D eigenvalue weighted by molar-refractivity contribution is 5.74. The second-order valence-corrected chi connectivity index (χ2v) is 10.9. The number of hydrogen-bond acceptors (Lipinski definition) is 0. The van der Waals surface area contributed by atoms with Gasteiger partial charge in [-0.1, -0.05) is 99.7 Å². The number of benzene rings is 3. The van der Waals surface area contributed by atoms with E-state index in [4.69, 9.17) is 0 Å². The normalized spacial score (nSPS) is 15.3. The van der Waals surface area contributed by atoms with Gasteiger partial charge in [-0.15, -0.1) is 6.58 Å². The summed E-state index contributed by atoms with van der Waals surface area (Å²) in [6.45, 7) is 5.93. The van der Waals surface area contributed by atoms with E-state index in [1.165, 1.54) is 44.1 Å². The van der Waals surface area contributed by atoms with Crippen LogP contribution in [0.4, 0.5) is 13.2 Å². The molecular weight excluding hydrogens is 489 g/mol. The van der Waals surface area contributed by atoms with Crippen molar-refractivity contribution in [3.8, 4) is 22.3 Å². The maximum Gasteiger partial charge on any atom is 0.166 e. The van der Waals surface area contributed by atoms with Crippen LogP contribution in [-0.2, 0) is 6.42 Å². The number of unbranched alkanes of at least 4 members (excludes halogenated alkanes) is 5. The van der Waals surface area contributed by atoms with Crippen LogP contribution < -0.4 is 0 Å². The van der Waals surface area contributed by atoms with Crippen molar-refractivity contribution in [1.29, 1.82) is 0 Å². The van der Waals surface area contributed by atoms with Gasteiger partial charge >= 0.3 is 0 Å². The molecule has 4 rings (SSSR count). The van der Waals surface area contributed by atoms with Crippen molar-refractivity contribution in [3.05, 3.63) is 102 Å². The molecule has 0 aromatic heterocycles. The molecule has 1 aliphatic rings. The average molecular weight is 531 g/mol. The highest BCUT2D eigenvalue weighted by Crippen LogP contribution is 2.35. The van der Waals surface area contributed by atoms with Crippen LogP contribution in [0.25, 0.3) is 27.8 Å². The predicted octanol–water partition coefficient (Wildman–Crippen LogP) is 11.5. The van der Waals surface area contributed by atoms with Gasteiger partial charge in [0.1, 0.15) is 5.82 Å². The highest BCUT2D eigenvalue weighted by atomic mass is 19.2. The third-order valence-corrected chi connectivity index (χ3v) is 8.10. The van der Waals surface area contributed by atoms with Crippen LogP contribution in [0.1, 0.15) is 88.7 Å². The van der Waals surface area contributed by atoms with Gasteiger partial charge in [-0.25, -0.2) is 13.2 Å². The average Bonchev–Trinajstić information content (AvgIpc) is 2.96. The minimum Gasteiger partial charge on any atom is -0.206 e. The molecule has 0 amide bonds. The molecule has 0 saturated carbocycles. The lowest BCUT2D eigenvalue weighted by molar-refractivity contribution is 0.425. The summed E-state index contributed by atoms with van der Waals surface area (Å²) in [6.07, 6.45) is 17.0. The van der Waals surface area contributed by atoms with Crippen molar-refractivity contribution in [3.63, 3.8) is 0 Å².